The van der Waals surface area contributed by atoms with Gasteiger partial charge in [-0.05, 0) is 59.8 Å². The van der Waals surface area contributed by atoms with Crippen LogP contribution in [0.2, 0.25) is 0 Å². The van der Waals surface area contributed by atoms with Crippen LogP contribution in [0.15, 0.2) is 60.7 Å². The molecule has 0 aliphatic carbocycles. The molecule has 5 heteroatoms. The number of ether oxygens (including phenoxy) is 1. The van der Waals surface area contributed by atoms with Crippen molar-refractivity contribution in [3.05, 3.63) is 77.4 Å². The van der Waals surface area contributed by atoms with Crippen molar-refractivity contribution in [3.8, 4) is 5.75 Å². The van der Waals surface area contributed by atoms with Crippen LogP contribution in [0, 0.1) is 0 Å². The zero-order valence-corrected chi connectivity index (χ0v) is 16.7. The zero-order chi connectivity index (χ0) is 19.9. The van der Waals surface area contributed by atoms with Crippen molar-refractivity contribution in [2.75, 3.05) is 21.2 Å². The van der Waals surface area contributed by atoms with Gasteiger partial charge >= 0.3 is 6.03 Å². The number of carbonyl (C=O) groups is 1. The van der Waals surface area contributed by atoms with Gasteiger partial charge in [-0.15, -0.1) is 0 Å². The van der Waals surface area contributed by atoms with Gasteiger partial charge in [0.2, 0.25) is 0 Å². The maximum absolute atomic E-state index is 12.2. The molecule has 0 unspecified atom stereocenters. The summed E-state index contributed by atoms with van der Waals surface area (Å²) < 4.78 is 5.26. The minimum Gasteiger partial charge on any atom is -0.497 e. The van der Waals surface area contributed by atoms with Crippen LogP contribution in [0.5, 0.6) is 5.75 Å². The van der Waals surface area contributed by atoms with Crippen molar-refractivity contribution in [2.45, 2.75) is 19.6 Å². The van der Waals surface area contributed by atoms with Gasteiger partial charge in [0.15, 0.2) is 0 Å². The lowest BCUT2D eigenvalue weighted by Crippen LogP contribution is -2.34. The van der Waals surface area contributed by atoms with Gasteiger partial charge in [-0.2, -0.15) is 0 Å². The summed E-state index contributed by atoms with van der Waals surface area (Å²) in [5.41, 5.74) is 3.41. The van der Waals surface area contributed by atoms with Gasteiger partial charge in [-0.1, -0.05) is 42.5 Å². The van der Waals surface area contributed by atoms with Gasteiger partial charge in [-0.3, -0.25) is 0 Å². The molecule has 2 N–H and O–H groups in total. The number of amides is 2. The summed E-state index contributed by atoms with van der Waals surface area (Å²) in [5, 5.41) is 8.12. The van der Waals surface area contributed by atoms with E-state index >= 15 is 0 Å². The van der Waals surface area contributed by atoms with Crippen molar-refractivity contribution < 1.29 is 9.53 Å². The number of hydrogen-bond acceptors (Lipinski definition) is 3. The molecule has 0 aliphatic rings. The van der Waals surface area contributed by atoms with Crippen LogP contribution in [0.1, 0.15) is 16.7 Å². The highest BCUT2D eigenvalue weighted by Crippen LogP contribution is 2.21. The second kappa shape index (κ2) is 9.24. The maximum Gasteiger partial charge on any atom is 0.315 e. The first-order chi connectivity index (χ1) is 13.5. The third-order valence-corrected chi connectivity index (χ3v) is 4.61. The fourth-order valence-electron chi connectivity index (χ4n) is 3.16. The third kappa shape index (κ3) is 5.24. The lowest BCUT2D eigenvalue weighted by Gasteiger charge is -2.15. The molecule has 5 nitrogen and oxygen atoms in total. The molecular formula is C23H27N3O2. The van der Waals surface area contributed by atoms with Crippen LogP contribution in [-0.2, 0) is 19.6 Å². The number of hydrogen-bond donors (Lipinski definition) is 2. The first-order valence-electron chi connectivity index (χ1n) is 9.35. The summed E-state index contributed by atoms with van der Waals surface area (Å²) in [7, 11) is 5.74. The molecule has 2 amide bonds. The maximum atomic E-state index is 12.2. The van der Waals surface area contributed by atoms with E-state index in [1.54, 1.807) is 7.11 Å². The standard InChI is InChI=1S/C23H27N3O2/c1-26(2)16-21-7-5-4-6-20(21)15-25-23(27)24-14-17-8-9-19-13-22(28-3)11-10-18(19)12-17/h4-13H,14-16H2,1-3H3,(H2,24,25,27). The van der Waals surface area contributed by atoms with Gasteiger partial charge in [-0.25, -0.2) is 4.79 Å². The Balaban J connectivity index is 1.55. The molecule has 3 aromatic rings. The Morgan fingerprint density at radius 1 is 0.893 bits per heavy atom. The van der Waals surface area contributed by atoms with E-state index in [1.807, 2.05) is 56.6 Å². The van der Waals surface area contributed by atoms with Gasteiger partial charge in [0.1, 0.15) is 5.75 Å². The molecule has 3 aromatic carbocycles. The first-order valence-corrected chi connectivity index (χ1v) is 9.35. The van der Waals surface area contributed by atoms with Crippen LogP contribution >= 0.6 is 0 Å². The highest BCUT2D eigenvalue weighted by Gasteiger charge is 2.06. The Bertz CT molecular complexity index is 953. The number of urea groups is 1. The Kier molecular flexibility index (Phi) is 6.50. The van der Waals surface area contributed by atoms with Crippen molar-refractivity contribution in [3.63, 3.8) is 0 Å². The molecule has 28 heavy (non-hydrogen) atoms. The van der Waals surface area contributed by atoms with E-state index in [0.29, 0.717) is 13.1 Å². The molecule has 0 fully saturated rings. The van der Waals surface area contributed by atoms with E-state index in [4.69, 9.17) is 4.74 Å². The Morgan fingerprint density at radius 2 is 1.57 bits per heavy atom. The number of methoxy groups -OCH3 is 1. The summed E-state index contributed by atoms with van der Waals surface area (Å²) in [4.78, 5) is 14.3. The van der Waals surface area contributed by atoms with Crippen molar-refractivity contribution in [1.82, 2.24) is 15.5 Å². The van der Waals surface area contributed by atoms with Crippen LogP contribution in [0.3, 0.4) is 0 Å². The summed E-state index contributed by atoms with van der Waals surface area (Å²) in [6.07, 6.45) is 0. The fourth-order valence-corrected chi connectivity index (χ4v) is 3.16. The molecule has 3 rings (SSSR count). The topological polar surface area (TPSA) is 53.6 Å². The lowest BCUT2D eigenvalue weighted by molar-refractivity contribution is 0.240. The van der Waals surface area contributed by atoms with Gasteiger partial charge in [0.25, 0.3) is 0 Å². The summed E-state index contributed by atoms with van der Waals surface area (Å²) in [6.45, 7) is 1.84. The van der Waals surface area contributed by atoms with E-state index in [1.165, 1.54) is 5.56 Å². The minimum absolute atomic E-state index is 0.172. The summed E-state index contributed by atoms with van der Waals surface area (Å²) in [6, 6.07) is 20.1. The number of nitrogens with one attached hydrogen (secondary N) is 2. The smallest absolute Gasteiger partial charge is 0.315 e. The quantitative estimate of drug-likeness (QED) is 0.656. The van der Waals surface area contributed by atoms with Crippen LogP contribution in [0.25, 0.3) is 10.8 Å². The SMILES string of the molecule is COc1ccc2cc(CNC(=O)NCc3ccccc3CN(C)C)ccc2c1. The van der Waals surface area contributed by atoms with Crippen molar-refractivity contribution >= 4 is 16.8 Å². The van der Waals surface area contributed by atoms with Gasteiger partial charge in [0, 0.05) is 19.6 Å². The number of fused-ring (bicyclic) bond motifs is 1. The number of rotatable bonds is 7. The Morgan fingerprint density at radius 3 is 2.32 bits per heavy atom. The number of nitrogens with zero attached hydrogens (tertiary/aromatic N) is 1. The molecule has 146 valence electrons. The van der Waals surface area contributed by atoms with E-state index in [-0.39, 0.29) is 6.03 Å². The predicted molar refractivity (Wildman–Crippen MR) is 113 cm³/mol. The monoisotopic (exact) mass is 377 g/mol. The van der Waals surface area contributed by atoms with Gasteiger partial charge in [0.05, 0.1) is 7.11 Å². The average molecular weight is 377 g/mol. The molecule has 0 aromatic heterocycles. The molecule has 0 heterocycles. The Labute approximate surface area is 166 Å². The van der Waals surface area contributed by atoms with E-state index < -0.39 is 0 Å². The molecule has 0 atom stereocenters. The van der Waals surface area contributed by atoms with E-state index in [9.17, 15) is 4.79 Å². The van der Waals surface area contributed by atoms with E-state index in [0.717, 1.165) is 34.2 Å². The van der Waals surface area contributed by atoms with Gasteiger partial charge < -0.3 is 20.3 Å². The highest BCUT2D eigenvalue weighted by atomic mass is 16.5. The number of carbonyl (C=O) groups excluding carboxylic acids is 1. The summed E-state index contributed by atoms with van der Waals surface area (Å²) >= 11 is 0. The van der Waals surface area contributed by atoms with Crippen LogP contribution < -0.4 is 15.4 Å². The zero-order valence-electron chi connectivity index (χ0n) is 16.7. The Hall–Kier alpha value is -3.05. The normalized spacial score (nSPS) is 10.9. The van der Waals surface area contributed by atoms with Crippen LogP contribution in [-0.4, -0.2) is 32.1 Å². The highest BCUT2D eigenvalue weighted by molar-refractivity contribution is 5.84. The largest absolute Gasteiger partial charge is 0.497 e. The molecule has 0 saturated heterocycles. The summed E-state index contributed by atoms with van der Waals surface area (Å²) in [5.74, 6) is 0.840. The molecule has 0 aliphatic heterocycles. The predicted octanol–water partition coefficient (Wildman–Crippen LogP) is 3.91. The van der Waals surface area contributed by atoms with E-state index in [2.05, 4.69) is 33.7 Å². The second-order valence-electron chi connectivity index (χ2n) is 7.09. The number of benzene rings is 3. The fraction of sp³-hybridized carbons (Fsp3) is 0.261. The second-order valence-corrected chi connectivity index (χ2v) is 7.09. The molecule has 0 radical (unpaired) electrons. The van der Waals surface area contributed by atoms with Crippen molar-refractivity contribution in [1.29, 1.82) is 0 Å². The molecule has 0 bridgehead atoms. The lowest BCUT2D eigenvalue weighted by atomic mass is 10.1. The molecular weight excluding hydrogens is 350 g/mol. The molecule has 0 saturated carbocycles. The molecule has 0 spiro atoms. The first kappa shape index (κ1) is 19.7. The van der Waals surface area contributed by atoms with Crippen molar-refractivity contribution in [2.24, 2.45) is 0 Å². The minimum atomic E-state index is -0.172. The van der Waals surface area contributed by atoms with Crippen LogP contribution in [0.4, 0.5) is 4.79 Å². The average Bonchev–Trinajstić information content (AvgIpc) is 2.70. The third-order valence-electron chi connectivity index (χ3n) is 4.61.